The molecule has 0 aliphatic carbocycles. The second kappa shape index (κ2) is 4.66. The van der Waals surface area contributed by atoms with Gasteiger partial charge in [0, 0.05) is 18.1 Å². The summed E-state index contributed by atoms with van der Waals surface area (Å²) in [7, 11) is 1.84. The Morgan fingerprint density at radius 1 is 1.11 bits per heavy atom. The molecule has 3 aromatic rings. The van der Waals surface area contributed by atoms with Crippen LogP contribution >= 0.6 is 11.8 Å². The molecule has 0 bridgehead atoms. The van der Waals surface area contributed by atoms with E-state index in [2.05, 4.69) is 20.6 Å². The van der Waals surface area contributed by atoms with Crippen LogP contribution in [-0.2, 0) is 0 Å². The molecule has 0 saturated heterocycles. The van der Waals surface area contributed by atoms with E-state index in [1.54, 1.807) is 6.20 Å². The van der Waals surface area contributed by atoms with Gasteiger partial charge in [0.1, 0.15) is 5.03 Å². The minimum absolute atomic E-state index is 0.735. The smallest absolute Gasteiger partial charge is 0.159 e. The van der Waals surface area contributed by atoms with Gasteiger partial charge in [0.2, 0.25) is 0 Å². The Morgan fingerprint density at radius 3 is 2.78 bits per heavy atom. The summed E-state index contributed by atoms with van der Waals surface area (Å²) in [5.74, 6) is 0. The Labute approximate surface area is 108 Å². The van der Waals surface area contributed by atoms with E-state index in [-0.39, 0.29) is 0 Å². The molecular weight excluding hydrogens is 248 g/mol. The summed E-state index contributed by atoms with van der Waals surface area (Å²) < 4.78 is 4.81. The number of pyridine rings is 1. The zero-order valence-electron chi connectivity index (χ0n) is 9.62. The summed E-state index contributed by atoms with van der Waals surface area (Å²) in [4.78, 5) is 5.25. The van der Waals surface area contributed by atoms with Gasteiger partial charge in [0.15, 0.2) is 11.0 Å². The molecule has 0 spiro atoms. The van der Waals surface area contributed by atoms with Crippen molar-refractivity contribution in [2.24, 2.45) is 0 Å². The highest BCUT2D eigenvalue weighted by molar-refractivity contribution is 7.99. The summed E-state index contributed by atoms with van der Waals surface area (Å²) in [5.41, 5.74) is 2.38. The van der Waals surface area contributed by atoms with Crippen molar-refractivity contribution in [1.82, 2.24) is 15.3 Å². The highest BCUT2D eigenvalue weighted by Crippen LogP contribution is 2.33. The maximum absolute atomic E-state index is 4.81. The third-order valence-electron chi connectivity index (χ3n) is 2.50. The lowest BCUT2D eigenvalue weighted by molar-refractivity contribution is 0.315. The average molecular weight is 258 g/mol. The number of anilines is 1. The average Bonchev–Trinajstić information content (AvgIpc) is 2.90. The van der Waals surface area contributed by atoms with E-state index in [4.69, 9.17) is 4.63 Å². The molecule has 0 aliphatic rings. The van der Waals surface area contributed by atoms with Crippen LogP contribution in [0.5, 0.6) is 0 Å². The molecular formula is C12H10N4OS. The van der Waals surface area contributed by atoms with E-state index in [0.717, 1.165) is 26.6 Å². The molecule has 5 nitrogen and oxygen atoms in total. The molecule has 3 rings (SSSR count). The Kier molecular flexibility index (Phi) is 2.85. The summed E-state index contributed by atoms with van der Waals surface area (Å²) in [5, 5.41) is 11.8. The van der Waals surface area contributed by atoms with Crippen molar-refractivity contribution < 1.29 is 4.63 Å². The molecule has 6 heteroatoms. The third kappa shape index (κ3) is 1.91. The predicted octanol–water partition coefficient (Wildman–Crippen LogP) is 2.81. The quantitative estimate of drug-likeness (QED) is 0.779. The first-order valence-corrected chi connectivity index (χ1v) is 6.22. The number of hydrogen-bond donors (Lipinski definition) is 1. The van der Waals surface area contributed by atoms with E-state index in [1.165, 1.54) is 11.8 Å². The molecule has 0 fully saturated rings. The first-order chi connectivity index (χ1) is 8.88. The fourth-order valence-corrected chi connectivity index (χ4v) is 2.50. The van der Waals surface area contributed by atoms with Gasteiger partial charge in [0.25, 0.3) is 0 Å². The molecule has 1 N–H and O–H groups in total. The molecule has 0 radical (unpaired) electrons. The molecule has 90 valence electrons. The van der Waals surface area contributed by atoms with E-state index >= 15 is 0 Å². The monoisotopic (exact) mass is 258 g/mol. The van der Waals surface area contributed by atoms with Gasteiger partial charge >= 0.3 is 0 Å². The van der Waals surface area contributed by atoms with E-state index in [1.807, 2.05) is 37.4 Å². The Balaban J connectivity index is 2.05. The van der Waals surface area contributed by atoms with Crippen LogP contribution in [0, 0.1) is 0 Å². The van der Waals surface area contributed by atoms with Crippen LogP contribution in [0.2, 0.25) is 0 Å². The maximum Gasteiger partial charge on any atom is 0.159 e. The molecule has 0 aliphatic heterocycles. The zero-order valence-corrected chi connectivity index (χ0v) is 10.4. The maximum atomic E-state index is 4.81. The van der Waals surface area contributed by atoms with Crippen LogP contribution in [0.3, 0.4) is 0 Å². The number of hydrogen-bond acceptors (Lipinski definition) is 6. The molecule has 0 atom stereocenters. The number of benzene rings is 1. The summed E-state index contributed by atoms with van der Waals surface area (Å²) in [6.45, 7) is 0. The van der Waals surface area contributed by atoms with Gasteiger partial charge in [-0.3, -0.25) is 0 Å². The van der Waals surface area contributed by atoms with Crippen molar-refractivity contribution >= 4 is 28.5 Å². The van der Waals surface area contributed by atoms with Crippen LogP contribution in [0.1, 0.15) is 0 Å². The van der Waals surface area contributed by atoms with Crippen LogP contribution < -0.4 is 5.32 Å². The van der Waals surface area contributed by atoms with Gasteiger partial charge in [-0.1, -0.05) is 17.8 Å². The largest absolute Gasteiger partial charge is 0.386 e. The normalized spacial score (nSPS) is 10.7. The Hall–Kier alpha value is -2.08. The van der Waals surface area contributed by atoms with E-state index in [9.17, 15) is 0 Å². The van der Waals surface area contributed by atoms with Gasteiger partial charge < -0.3 is 5.32 Å². The number of fused-ring (bicyclic) bond motifs is 1. The Morgan fingerprint density at radius 2 is 2.00 bits per heavy atom. The molecule has 18 heavy (non-hydrogen) atoms. The number of aromatic nitrogens is 3. The van der Waals surface area contributed by atoms with E-state index < -0.39 is 0 Å². The predicted molar refractivity (Wildman–Crippen MR) is 69.7 cm³/mol. The van der Waals surface area contributed by atoms with Crippen molar-refractivity contribution in [3.8, 4) is 0 Å². The SMILES string of the molecule is CNc1ccc(Sc2ccccn2)c2nonc12. The van der Waals surface area contributed by atoms with Crippen LogP contribution in [0.25, 0.3) is 11.0 Å². The van der Waals surface area contributed by atoms with Gasteiger partial charge in [0.05, 0.1) is 5.69 Å². The molecule has 2 aromatic heterocycles. The third-order valence-corrected chi connectivity index (χ3v) is 3.50. The lowest BCUT2D eigenvalue weighted by Crippen LogP contribution is -1.90. The number of nitrogens with one attached hydrogen (secondary N) is 1. The topological polar surface area (TPSA) is 63.8 Å². The lowest BCUT2D eigenvalue weighted by atomic mass is 10.2. The van der Waals surface area contributed by atoms with Gasteiger partial charge in [-0.05, 0) is 34.6 Å². The molecule has 0 unspecified atom stereocenters. The van der Waals surface area contributed by atoms with Crippen molar-refractivity contribution in [2.75, 3.05) is 12.4 Å². The highest BCUT2D eigenvalue weighted by Gasteiger charge is 2.12. The summed E-state index contributed by atoms with van der Waals surface area (Å²) in [6.07, 6.45) is 1.77. The summed E-state index contributed by atoms with van der Waals surface area (Å²) >= 11 is 1.54. The van der Waals surface area contributed by atoms with Crippen molar-refractivity contribution in [2.45, 2.75) is 9.92 Å². The van der Waals surface area contributed by atoms with Crippen LogP contribution in [0.15, 0.2) is 51.1 Å². The van der Waals surface area contributed by atoms with Crippen LogP contribution in [-0.4, -0.2) is 22.3 Å². The summed E-state index contributed by atoms with van der Waals surface area (Å²) in [6, 6.07) is 9.74. The van der Waals surface area contributed by atoms with Crippen molar-refractivity contribution in [3.05, 3.63) is 36.5 Å². The molecule has 2 heterocycles. The fraction of sp³-hybridized carbons (Fsp3) is 0.0833. The second-order valence-electron chi connectivity index (χ2n) is 3.59. The number of nitrogens with zero attached hydrogens (tertiary/aromatic N) is 3. The number of rotatable bonds is 3. The van der Waals surface area contributed by atoms with Crippen molar-refractivity contribution in [1.29, 1.82) is 0 Å². The van der Waals surface area contributed by atoms with E-state index in [0.29, 0.717) is 0 Å². The highest BCUT2D eigenvalue weighted by atomic mass is 32.2. The standard InChI is InChI=1S/C12H10N4OS/c1-13-8-5-6-9(12-11(8)15-17-16-12)18-10-4-2-3-7-14-10/h2-7,13H,1H3. The first kappa shape index (κ1) is 11.0. The fourth-order valence-electron chi connectivity index (χ4n) is 1.65. The zero-order chi connectivity index (χ0) is 12.4. The molecule has 0 amide bonds. The second-order valence-corrected chi connectivity index (χ2v) is 4.65. The van der Waals surface area contributed by atoms with Gasteiger partial charge in [-0.25, -0.2) is 9.61 Å². The van der Waals surface area contributed by atoms with Crippen LogP contribution in [0.4, 0.5) is 5.69 Å². The Bertz CT molecular complexity index is 668. The van der Waals surface area contributed by atoms with Gasteiger partial charge in [-0.2, -0.15) is 0 Å². The minimum Gasteiger partial charge on any atom is -0.386 e. The first-order valence-electron chi connectivity index (χ1n) is 5.40. The molecule has 0 saturated carbocycles. The minimum atomic E-state index is 0.735. The van der Waals surface area contributed by atoms with Crippen molar-refractivity contribution in [3.63, 3.8) is 0 Å². The van der Waals surface area contributed by atoms with Gasteiger partial charge in [-0.15, -0.1) is 0 Å². The lowest BCUT2D eigenvalue weighted by Gasteiger charge is -2.03. The molecule has 1 aromatic carbocycles.